The summed E-state index contributed by atoms with van der Waals surface area (Å²) in [5, 5.41) is 2.32. The summed E-state index contributed by atoms with van der Waals surface area (Å²) < 4.78 is 8.44. The van der Waals surface area contributed by atoms with E-state index in [0.29, 0.717) is 23.4 Å². The van der Waals surface area contributed by atoms with Crippen molar-refractivity contribution in [1.82, 2.24) is 24.5 Å². The maximum atomic E-state index is 6.12. The van der Waals surface area contributed by atoms with E-state index in [1.807, 2.05) is 84.9 Å². The second-order valence-corrected chi connectivity index (χ2v) is 12.7. The molecule has 0 saturated carbocycles. The molecule has 3 aromatic heterocycles. The fourth-order valence-electron chi connectivity index (χ4n) is 6.96. The van der Waals surface area contributed by atoms with Gasteiger partial charge in [0.25, 0.3) is 0 Å². The molecule has 7 aromatic carbocycles. The molecule has 0 fully saturated rings. The predicted molar refractivity (Wildman–Crippen MR) is 209 cm³/mol. The lowest BCUT2D eigenvalue weighted by molar-refractivity contribution is 0.620. The van der Waals surface area contributed by atoms with Gasteiger partial charge in [0.1, 0.15) is 5.52 Å². The molecule has 6 heteroatoms. The molecule has 10 rings (SSSR count). The van der Waals surface area contributed by atoms with Crippen molar-refractivity contribution in [2.45, 2.75) is 0 Å². The van der Waals surface area contributed by atoms with Crippen LogP contribution in [0.15, 0.2) is 180 Å². The molecule has 244 valence electrons. The number of fused-ring (bicyclic) bond motifs is 4. The van der Waals surface area contributed by atoms with Gasteiger partial charge in [-0.15, -0.1) is 0 Å². The normalized spacial score (nSPS) is 11.5. The number of benzene rings is 7. The fraction of sp³-hybridized carbons (Fsp3) is 0. The molecule has 0 N–H and O–H groups in total. The molecule has 0 aliphatic carbocycles. The third-order valence-corrected chi connectivity index (χ3v) is 9.49. The molecule has 0 unspecified atom stereocenters. The molecule has 0 aliphatic heterocycles. The van der Waals surface area contributed by atoms with Crippen LogP contribution in [0.5, 0.6) is 0 Å². The number of oxazole rings is 1. The third kappa shape index (κ3) is 5.22. The van der Waals surface area contributed by atoms with Crippen LogP contribution < -0.4 is 0 Å². The highest BCUT2D eigenvalue weighted by Gasteiger charge is 2.16. The van der Waals surface area contributed by atoms with Gasteiger partial charge in [0, 0.05) is 38.7 Å². The summed E-state index contributed by atoms with van der Waals surface area (Å²) in [5.41, 5.74) is 10.9. The molecule has 3 heterocycles. The zero-order valence-electron chi connectivity index (χ0n) is 27.9. The highest BCUT2D eigenvalue weighted by Crippen LogP contribution is 2.36. The molecule has 0 radical (unpaired) electrons. The molecule has 0 amide bonds. The Morgan fingerprint density at radius 2 is 0.942 bits per heavy atom. The summed E-state index contributed by atoms with van der Waals surface area (Å²) in [6, 6.07) is 60.1. The van der Waals surface area contributed by atoms with E-state index in [1.54, 1.807) is 0 Å². The molecular weight excluding hydrogens is 639 g/mol. The van der Waals surface area contributed by atoms with Crippen molar-refractivity contribution in [3.8, 4) is 62.4 Å². The van der Waals surface area contributed by atoms with E-state index in [1.165, 1.54) is 5.39 Å². The van der Waals surface area contributed by atoms with Gasteiger partial charge in [-0.3, -0.25) is 0 Å². The number of rotatable bonds is 6. The van der Waals surface area contributed by atoms with Crippen LogP contribution in [0.4, 0.5) is 0 Å². The van der Waals surface area contributed by atoms with E-state index in [0.717, 1.165) is 66.6 Å². The van der Waals surface area contributed by atoms with E-state index >= 15 is 0 Å². The summed E-state index contributed by atoms with van der Waals surface area (Å²) >= 11 is 0. The lowest BCUT2D eigenvalue weighted by atomic mass is 10.0. The summed E-state index contributed by atoms with van der Waals surface area (Å²) in [7, 11) is 0. The molecule has 0 atom stereocenters. The molecular formula is C46H29N5O. The lowest BCUT2D eigenvalue weighted by Crippen LogP contribution is -2.00. The van der Waals surface area contributed by atoms with Crippen molar-refractivity contribution in [1.29, 1.82) is 0 Å². The van der Waals surface area contributed by atoms with Gasteiger partial charge < -0.3 is 8.98 Å². The van der Waals surface area contributed by atoms with Crippen LogP contribution in [0.2, 0.25) is 0 Å². The zero-order valence-corrected chi connectivity index (χ0v) is 27.9. The smallest absolute Gasteiger partial charge is 0.227 e. The number of para-hydroxylation sites is 3. The Bertz CT molecular complexity index is 2800. The van der Waals surface area contributed by atoms with Crippen molar-refractivity contribution >= 4 is 32.9 Å². The van der Waals surface area contributed by atoms with Gasteiger partial charge in [-0.25, -0.2) is 19.9 Å². The quantitative estimate of drug-likeness (QED) is 0.176. The Balaban J connectivity index is 1.03. The van der Waals surface area contributed by atoms with Gasteiger partial charge in [-0.1, -0.05) is 121 Å². The highest BCUT2D eigenvalue weighted by molar-refractivity contribution is 6.10. The third-order valence-electron chi connectivity index (χ3n) is 9.49. The van der Waals surface area contributed by atoms with E-state index < -0.39 is 0 Å². The van der Waals surface area contributed by atoms with Gasteiger partial charge in [0.15, 0.2) is 23.1 Å². The molecule has 0 saturated heterocycles. The maximum Gasteiger partial charge on any atom is 0.227 e. The van der Waals surface area contributed by atoms with Crippen molar-refractivity contribution in [3.05, 3.63) is 176 Å². The standard InChI is InChI=1S/C46H29N5O/c1-3-12-31(13-4-1)43-48-44(32-14-5-2-6-15-32)50-45(49-43)34-17-11-16-33(28-34)30-22-25-36(26-23-30)51-40-20-9-7-18-37(40)38-29-35(24-27-41(38)51)46-47-39-19-8-10-21-42(39)52-46/h1-29H. The lowest BCUT2D eigenvalue weighted by Gasteiger charge is -2.11. The van der Waals surface area contributed by atoms with Crippen LogP contribution in [0.25, 0.3) is 95.3 Å². The maximum absolute atomic E-state index is 6.12. The summed E-state index contributed by atoms with van der Waals surface area (Å²) in [6.45, 7) is 0. The average Bonchev–Trinajstić information content (AvgIpc) is 3.81. The Morgan fingerprint density at radius 3 is 1.67 bits per heavy atom. The van der Waals surface area contributed by atoms with Gasteiger partial charge in [-0.2, -0.15) is 0 Å². The molecule has 10 aromatic rings. The number of hydrogen-bond donors (Lipinski definition) is 0. The van der Waals surface area contributed by atoms with Crippen molar-refractivity contribution < 1.29 is 4.42 Å². The molecule has 0 aliphatic rings. The number of nitrogens with zero attached hydrogens (tertiary/aromatic N) is 5. The van der Waals surface area contributed by atoms with Crippen molar-refractivity contribution in [3.63, 3.8) is 0 Å². The number of hydrogen-bond acceptors (Lipinski definition) is 5. The van der Waals surface area contributed by atoms with Crippen LogP contribution >= 0.6 is 0 Å². The first-order valence-electron chi connectivity index (χ1n) is 17.2. The Hall–Kier alpha value is -7.18. The van der Waals surface area contributed by atoms with Gasteiger partial charge in [0.2, 0.25) is 5.89 Å². The van der Waals surface area contributed by atoms with Crippen LogP contribution in [-0.2, 0) is 0 Å². The Morgan fingerprint density at radius 1 is 0.365 bits per heavy atom. The van der Waals surface area contributed by atoms with Crippen LogP contribution in [0.3, 0.4) is 0 Å². The topological polar surface area (TPSA) is 69.6 Å². The molecule has 0 bridgehead atoms. The summed E-state index contributed by atoms with van der Waals surface area (Å²) in [4.78, 5) is 19.5. The monoisotopic (exact) mass is 667 g/mol. The molecule has 0 spiro atoms. The van der Waals surface area contributed by atoms with Crippen molar-refractivity contribution in [2.24, 2.45) is 0 Å². The minimum atomic E-state index is 0.622. The van der Waals surface area contributed by atoms with Gasteiger partial charge >= 0.3 is 0 Å². The molecule has 52 heavy (non-hydrogen) atoms. The first-order chi connectivity index (χ1) is 25.7. The zero-order chi connectivity index (χ0) is 34.4. The molecule has 6 nitrogen and oxygen atoms in total. The fourth-order valence-corrected chi connectivity index (χ4v) is 6.96. The SMILES string of the molecule is c1ccc(-c2nc(-c3ccccc3)nc(-c3cccc(-c4ccc(-n5c6ccccc6c6cc(-c7nc8ccccc8o7)ccc65)cc4)c3)n2)cc1. The van der Waals surface area contributed by atoms with Gasteiger partial charge in [0.05, 0.1) is 11.0 Å². The Kier molecular flexibility index (Phi) is 7.03. The summed E-state index contributed by atoms with van der Waals surface area (Å²) in [5.74, 6) is 2.54. The van der Waals surface area contributed by atoms with Crippen molar-refractivity contribution in [2.75, 3.05) is 0 Å². The van der Waals surface area contributed by atoms with Crippen LogP contribution in [0, 0.1) is 0 Å². The largest absolute Gasteiger partial charge is 0.436 e. The summed E-state index contributed by atoms with van der Waals surface area (Å²) in [6.07, 6.45) is 0. The van der Waals surface area contributed by atoms with E-state index in [9.17, 15) is 0 Å². The second kappa shape index (κ2) is 12.3. The minimum absolute atomic E-state index is 0.622. The first kappa shape index (κ1) is 29.7. The van der Waals surface area contributed by atoms with E-state index in [-0.39, 0.29) is 0 Å². The predicted octanol–water partition coefficient (Wildman–Crippen LogP) is 11.4. The Labute approximate surface area is 299 Å². The van der Waals surface area contributed by atoms with E-state index in [2.05, 4.69) is 95.6 Å². The first-order valence-corrected chi connectivity index (χ1v) is 17.2. The second-order valence-electron chi connectivity index (χ2n) is 12.7. The minimum Gasteiger partial charge on any atom is -0.436 e. The highest BCUT2D eigenvalue weighted by atomic mass is 16.3. The van der Waals surface area contributed by atoms with Crippen LogP contribution in [0.1, 0.15) is 0 Å². The number of aromatic nitrogens is 5. The van der Waals surface area contributed by atoms with Crippen LogP contribution in [-0.4, -0.2) is 24.5 Å². The average molecular weight is 668 g/mol. The van der Waals surface area contributed by atoms with E-state index in [4.69, 9.17) is 24.4 Å². The van der Waals surface area contributed by atoms with Gasteiger partial charge in [-0.05, 0) is 65.7 Å².